The summed E-state index contributed by atoms with van der Waals surface area (Å²) in [6.07, 6.45) is -0.870. The Morgan fingerprint density at radius 2 is 1.48 bits per heavy atom. The number of benzene rings is 3. The van der Waals surface area contributed by atoms with Crippen LogP contribution in [0.25, 0.3) is 27.6 Å². The summed E-state index contributed by atoms with van der Waals surface area (Å²) in [4.78, 5) is 0. The van der Waals surface area contributed by atoms with Gasteiger partial charge in [0.05, 0.1) is 0 Å². The zero-order valence-corrected chi connectivity index (χ0v) is 11.2. The van der Waals surface area contributed by atoms with E-state index >= 15 is 0 Å². The Balaban J connectivity index is 2.14. The summed E-state index contributed by atoms with van der Waals surface area (Å²) >= 11 is 0. The van der Waals surface area contributed by atoms with E-state index in [-0.39, 0.29) is 5.76 Å². The molecule has 21 heavy (non-hydrogen) atoms. The van der Waals surface area contributed by atoms with Crippen LogP contribution in [0.15, 0.2) is 54.3 Å². The molecular formula is C18H14O3. The number of fused-ring (bicyclic) bond motifs is 5. The molecule has 0 fully saturated rings. The Bertz CT molecular complexity index is 895. The van der Waals surface area contributed by atoms with Crippen LogP contribution in [0.2, 0.25) is 0 Å². The van der Waals surface area contributed by atoms with Gasteiger partial charge in [-0.2, -0.15) is 0 Å². The van der Waals surface area contributed by atoms with Crippen molar-refractivity contribution in [3.63, 3.8) is 0 Å². The first-order valence-corrected chi connectivity index (χ1v) is 6.88. The minimum Gasteiger partial charge on any atom is -0.509 e. The monoisotopic (exact) mass is 278 g/mol. The molecule has 3 aromatic carbocycles. The quantitative estimate of drug-likeness (QED) is 0.553. The van der Waals surface area contributed by atoms with E-state index in [9.17, 15) is 15.3 Å². The first-order chi connectivity index (χ1) is 10.2. The summed E-state index contributed by atoms with van der Waals surface area (Å²) < 4.78 is 0. The molecule has 0 heterocycles. The van der Waals surface area contributed by atoms with Gasteiger partial charge in [-0.15, -0.1) is 0 Å². The van der Waals surface area contributed by atoms with E-state index in [0.717, 1.165) is 27.1 Å². The minimum absolute atomic E-state index is 0.199. The van der Waals surface area contributed by atoms with Gasteiger partial charge in [0.2, 0.25) is 0 Å². The SMILES string of the molecule is OC1=Cc2ccc3c(ccc4ccccc43)c2C(O)C1O. The predicted octanol–water partition coefficient (Wildman–Crippen LogP) is 3.30. The second-order valence-electron chi connectivity index (χ2n) is 5.41. The molecule has 0 amide bonds. The van der Waals surface area contributed by atoms with Crippen LogP contribution in [0.4, 0.5) is 0 Å². The van der Waals surface area contributed by atoms with Crippen LogP contribution in [0.3, 0.4) is 0 Å². The van der Waals surface area contributed by atoms with Crippen molar-refractivity contribution >= 4 is 27.6 Å². The molecule has 2 atom stereocenters. The van der Waals surface area contributed by atoms with Gasteiger partial charge in [-0.1, -0.05) is 48.5 Å². The van der Waals surface area contributed by atoms with Gasteiger partial charge in [0, 0.05) is 0 Å². The first kappa shape index (κ1) is 12.4. The van der Waals surface area contributed by atoms with Gasteiger partial charge in [-0.25, -0.2) is 0 Å². The second kappa shape index (κ2) is 4.32. The van der Waals surface area contributed by atoms with Crippen molar-refractivity contribution in [2.45, 2.75) is 12.2 Å². The summed E-state index contributed by atoms with van der Waals surface area (Å²) in [5, 5.41) is 34.1. The van der Waals surface area contributed by atoms with E-state index in [0.29, 0.717) is 5.56 Å². The Kier molecular flexibility index (Phi) is 2.55. The first-order valence-electron chi connectivity index (χ1n) is 6.88. The fourth-order valence-electron chi connectivity index (χ4n) is 3.15. The minimum atomic E-state index is -1.27. The lowest BCUT2D eigenvalue weighted by molar-refractivity contribution is 0.0168. The topological polar surface area (TPSA) is 60.7 Å². The van der Waals surface area contributed by atoms with Crippen molar-refractivity contribution in [3.8, 4) is 0 Å². The summed E-state index contributed by atoms with van der Waals surface area (Å²) in [6.45, 7) is 0. The van der Waals surface area contributed by atoms with Crippen molar-refractivity contribution < 1.29 is 15.3 Å². The number of hydrogen-bond acceptors (Lipinski definition) is 3. The summed E-state index contributed by atoms with van der Waals surface area (Å²) in [7, 11) is 0. The van der Waals surface area contributed by atoms with Gasteiger partial charge >= 0.3 is 0 Å². The van der Waals surface area contributed by atoms with E-state index < -0.39 is 12.2 Å². The fourth-order valence-corrected chi connectivity index (χ4v) is 3.15. The molecule has 2 unspecified atom stereocenters. The third-order valence-electron chi connectivity index (χ3n) is 4.20. The molecule has 1 aliphatic rings. The van der Waals surface area contributed by atoms with Crippen LogP contribution in [0.5, 0.6) is 0 Å². The molecule has 4 rings (SSSR count). The molecule has 0 aliphatic heterocycles. The molecular weight excluding hydrogens is 264 g/mol. The predicted molar refractivity (Wildman–Crippen MR) is 83.0 cm³/mol. The lowest BCUT2D eigenvalue weighted by Gasteiger charge is -2.26. The highest BCUT2D eigenvalue weighted by Crippen LogP contribution is 2.38. The lowest BCUT2D eigenvalue weighted by Crippen LogP contribution is -2.24. The smallest absolute Gasteiger partial charge is 0.141 e. The molecule has 1 aliphatic carbocycles. The fraction of sp³-hybridized carbons (Fsp3) is 0.111. The van der Waals surface area contributed by atoms with Gasteiger partial charge in [0.1, 0.15) is 18.0 Å². The second-order valence-corrected chi connectivity index (χ2v) is 5.41. The van der Waals surface area contributed by atoms with Gasteiger partial charge in [-0.3, -0.25) is 0 Å². The number of hydrogen-bond donors (Lipinski definition) is 3. The molecule has 3 nitrogen and oxygen atoms in total. The van der Waals surface area contributed by atoms with E-state index in [1.165, 1.54) is 6.08 Å². The summed E-state index contributed by atoms with van der Waals surface area (Å²) in [6, 6.07) is 15.9. The lowest BCUT2D eigenvalue weighted by atomic mass is 9.86. The maximum atomic E-state index is 10.3. The zero-order valence-electron chi connectivity index (χ0n) is 11.2. The van der Waals surface area contributed by atoms with Crippen molar-refractivity contribution in [1.82, 2.24) is 0 Å². The van der Waals surface area contributed by atoms with E-state index in [1.54, 1.807) is 0 Å². The van der Waals surface area contributed by atoms with Crippen LogP contribution in [-0.2, 0) is 0 Å². The van der Waals surface area contributed by atoms with Crippen molar-refractivity contribution in [1.29, 1.82) is 0 Å². The molecule has 0 radical (unpaired) electrons. The number of aliphatic hydroxyl groups excluding tert-OH is 3. The summed E-state index contributed by atoms with van der Waals surface area (Å²) in [5.74, 6) is -0.199. The van der Waals surface area contributed by atoms with E-state index in [2.05, 4.69) is 0 Å². The van der Waals surface area contributed by atoms with Gasteiger partial charge < -0.3 is 15.3 Å². The Hall–Kier alpha value is -2.36. The molecule has 3 N–H and O–H groups in total. The molecule has 0 spiro atoms. The molecule has 0 saturated heterocycles. The molecule has 0 saturated carbocycles. The van der Waals surface area contributed by atoms with Crippen LogP contribution in [0, 0.1) is 0 Å². The van der Waals surface area contributed by atoms with Gasteiger partial charge in [-0.05, 0) is 38.7 Å². The van der Waals surface area contributed by atoms with Gasteiger partial charge in [0.25, 0.3) is 0 Å². The van der Waals surface area contributed by atoms with Crippen LogP contribution in [-0.4, -0.2) is 21.4 Å². The molecule has 0 bridgehead atoms. The molecule has 0 aromatic heterocycles. The largest absolute Gasteiger partial charge is 0.509 e. The highest BCUT2D eigenvalue weighted by Gasteiger charge is 2.30. The highest BCUT2D eigenvalue weighted by molar-refractivity contribution is 6.09. The highest BCUT2D eigenvalue weighted by atomic mass is 16.4. The molecule has 104 valence electrons. The third kappa shape index (κ3) is 1.68. The zero-order chi connectivity index (χ0) is 14.6. The molecule has 3 aromatic rings. The molecule has 3 heteroatoms. The van der Waals surface area contributed by atoms with E-state index in [4.69, 9.17) is 0 Å². The van der Waals surface area contributed by atoms with Crippen LogP contribution < -0.4 is 0 Å². The maximum Gasteiger partial charge on any atom is 0.141 e. The number of aliphatic hydroxyl groups is 3. The standard InChI is InChI=1S/C18H14O3/c19-15-9-11-6-7-13-12-4-2-1-3-10(12)5-8-14(13)16(11)18(21)17(15)20/h1-9,17-21H. The number of rotatable bonds is 0. The Labute approximate surface area is 121 Å². The van der Waals surface area contributed by atoms with Crippen LogP contribution >= 0.6 is 0 Å². The average Bonchev–Trinajstić information content (AvgIpc) is 2.51. The van der Waals surface area contributed by atoms with Crippen LogP contribution in [0.1, 0.15) is 17.2 Å². The maximum absolute atomic E-state index is 10.3. The Morgan fingerprint density at radius 3 is 2.33 bits per heavy atom. The normalized spacial score (nSPS) is 21.3. The van der Waals surface area contributed by atoms with E-state index in [1.807, 2.05) is 48.5 Å². The van der Waals surface area contributed by atoms with Crippen molar-refractivity contribution in [3.05, 3.63) is 65.4 Å². The third-order valence-corrected chi connectivity index (χ3v) is 4.20. The average molecular weight is 278 g/mol. The van der Waals surface area contributed by atoms with Gasteiger partial charge in [0.15, 0.2) is 0 Å². The summed E-state index contributed by atoms with van der Waals surface area (Å²) in [5.41, 5.74) is 1.41. The Morgan fingerprint density at radius 1 is 0.714 bits per heavy atom. The van der Waals surface area contributed by atoms with Crippen molar-refractivity contribution in [2.75, 3.05) is 0 Å². The van der Waals surface area contributed by atoms with Crippen molar-refractivity contribution in [2.24, 2.45) is 0 Å².